The van der Waals surface area contributed by atoms with Crippen molar-refractivity contribution >= 4 is 17.5 Å². The summed E-state index contributed by atoms with van der Waals surface area (Å²) in [4.78, 5) is 27.8. The average Bonchev–Trinajstić information content (AvgIpc) is 2.60. The molecule has 1 aromatic rings. The van der Waals surface area contributed by atoms with E-state index >= 15 is 0 Å². The van der Waals surface area contributed by atoms with Crippen molar-refractivity contribution in [1.82, 2.24) is 10.2 Å². The van der Waals surface area contributed by atoms with Crippen LogP contribution in [0, 0.1) is 0 Å². The molecule has 6 heteroatoms. The summed E-state index contributed by atoms with van der Waals surface area (Å²) in [5.41, 5.74) is 6.56. The zero-order valence-corrected chi connectivity index (χ0v) is 13.5. The van der Waals surface area contributed by atoms with Gasteiger partial charge in [-0.25, -0.2) is 0 Å². The largest absolute Gasteiger partial charge is 0.368 e. The van der Waals surface area contributed by atoms with Crippen LogP contribution in [-0.2, 0) is 9.59 Å². The van der Waals surface area contributed by atoms with Crippen LogP contribution in [-0.4, -0.2) is 56.0 Å². The summed E-state index contributed by atoms with van der Waals surface area (Å²) in [5, 5.41) is 2.77. The molecule has 1 heterocycles. The summed E-state index contributed by atoms with van der Waals surface area (Å²) in [6.45, 7) is 4.07. The van der Waals surface area contributed by atoms with E-state index in [1.54, 1.807) is 0 Å². The number of carbonyl (C=O) groups is 2. The highest BCUT2D eigenvalue weighted by molar-refractivity contribution is 5.79. The first-order chi connectivity index (χ1) is 11.2. The molecule has 0 aromatic heterocycles. The van der Waals surface area contributed by atoms with E-state index in [1.807, 2.05) is 23.1 Å². The summed E-state index contributed by atoms with van der Waals surface area (Å²) in [6, 6.07) is 10.2. The smallest absolute Gasteiger partial charge is 0.224 e. The molecule has 6 nitrogen and oxygen atoms in total. The van der Waals surface area contributed by atoms with Crippen LogP contribution in [0.4, 0.5) is 5.69 Å². The third-order valence-electron chi connectivity index (χ3n) is 4.02. The van der Waals surface area contributed by atoms with Gasteiger partial charge in [-0.15, -0.1) is 0 Å². The Morgan fingerprint density at radius 3 is 2.39 bits per heavy atom. The maximum absolute atomic E-state index is 12.2. The number of carbonyl (C=O) groups excluding carboxylic acids is 2. The molecule has 3 N–H and O–H groups in total. The lowest BCUT2D eigenvalue weighted by Crippen LogP contribution is -2.49. The summed E-state index contributed by atoms with van der Waals surface area (Å²) in [5.74, 6) is 0.0778. The molecule has 0 saturated carbocycles. The lowest BCUT2D eigenvalue weighted by molar-refractivity contribution is -0.131. The van der Waals surface area contributed by atoms with Gasteiger partial charge in [0.15, 0.2) is 0 Å². The van der Waals surface area contributed by atoms with Gasteiger partial charge in [-0.1, -0.05) is 18.2 Å². The van der Waals surface area contributed by atoms with Crippen LogP contribution in [0.5, 0.6) is 0 Å². The van der Waals surface area contributed by atoms with Gasteiger partial charge in [0.25, 0.3) is 0 Å². The molecule has 1 saturated heterocycles. The van der Waals surface area contributed by atoms with Gasteiger partial charge >= 0.3 is 0 Å². The molecule has 2 amide bonds. The van der Waals surface area contributed by atoms with E-state index in [4.69, 9.17) is 5.73 Å². The average molecular weight is 318 g/mol. The predicted octanol–water partition coefficient (Wildman–Crippen LogP) is 0.580. The Labute approximate surface area is 137 Å². The molecule has 23 heavy (non-hydrogen) atoms. The maximum Gasteiger partial charge on any atom is 0.224 e. The fourth-order valence-electron chi connectivity index (χ4n) is 2.67. The molecule has 2 rings (SSSR count). The van der Waals surface area contributed by atoms with Crippen molar-refractivity contribution in [2.24, 2.45) is 5.73 Å². The predicted molar refractivity (Wildman–Crippen MR) is 91.2 cm³/mol. The number of anilines is 1. The highest BCUT2D eigenvalue weighted by atomic mass is 16.2. The number of piperazine rings is 1. The molecule has 0 aliphatic carbocycles. The minimum atomic E-state index is -0.0304. The minimum absolute atomic E-state index is 0.0304. The zero-order chi connectivity index (χ0) is 16.5. The topological polar surface area (TPSA) is 78.7 Å². The van der Waals surface area contributed by atoms with Crippen molar-refractivity contribution in [3.05, 3.63) is 30.3 Å². The van der Waals surface area contributed by atoms with Crippen LogP contribution in [0.15, 0.2) is 30.3 Å². The van der Waals surface area contributed by atoms with E-state index < -0.39 is 0 Å². The van der Waals surface area contributed by atoms with Gasteiger partial charge in [0.05, 0.1) is 0 Å². The van der Waals surface area contributed by atoms with E-state index in [9.17, 15) is 9.59 Å². The van der Waals surface area contributed by atoms with Gasteiger partial charge in [-0.3, -0.25) is 9.59 Å². The molecule has 126 valence electrons. The van der Waals surface area contributed by atoms with Crippen LogP contribution in [0.3, 0.4) is 0 Å². The Kier molecular flexibility index (Phi) is 6.87. The van der Waals surface area contributed by atoms with Crippen molar-refractivity contribution < 1.29 is 9.59 Å². The van der Waals surface area contributed by atoms with Gasteiger partial charge in [0.1, 0.15) is 0 Å². The Morgan fingerprint density at radius 2 is 1.74 bits per heavy atom. The number of nitrogens with one attached hydrogen (secondary N) is 1. The van der Waals surface area contributed by atoms with Gasteiger partial charge in [0, 0.05) is 51.3 Å². The number of para-hydroxylation sites is 1. The number of nitrogens with two attached hydrogens (primary N) is 1. The molecular weight excluding hydrogens is 292 g/mol. The third-order valence-corrected chi connectivity index (χ3v) is 4.02. The molecule has 1 fully saturated rings. The summed E-state index contributed by atoms with van der Waals surface area (Å²) < 4.78 is 0. The second kappa shape index (κ2) is 9.15. The SMILES string of the molecule is NCCCC(=O)NCCC(=O)N1CCN(c2ccccc2)CC1. The van der Waals surface area contributed by atoms with Crippen molar-refractivity contribution in [3.63, 3.8) is 0 Å². The van der Waals surface area contributed by atoms with Crippen molar-refractivity contribution in [1.29, 1.82) is 0 Å². The van der Waals surface area contributed by atoms with E-state index in [0.29, 0.717) is 32.4 Å². The summed E-state index contributed by atoms with van der Waals surface area (Å²) in [6.07, 6.45) is 1.47. The van der Waals surface area contributed by atoms with E-state index in [2.05, 4.69) is 22.3 Å². The van der Waals surface area contributed by atoms with E-state index in [-0.39, 0.29) is 11.8 Å². The number of hydrogen-bond acceptors (Lipinski definition) is 4. The normalized spacial score (nSPS) is 14.7. The number of nitrogens with zero attached hydrogens (tertiary/aromatic N) is 2. The van der Waals surface area contributed by atoms with Crippen LogP contribution in [0.1, 0.15) is 19.3 Å². The van der Waals surface area contributed by atoms with Gasteiger partial charge in [-0.05, 0) is 25.1 Å². The molecule has 0 spiro atoms. The highest BCUT2D eigenvalue weighted by Crippen LogP contribution is 2.15. The van der Waals surface area contributed by atoms with Crippen LogP contribution < -0.4 is 16.0 Å². The summed E-state index contributed by atoms with van der Waals surface area (Å²) in [7, 11) is 0. The Balaban J connectivity index is 1.66. The van der Waals surface area contributed by atoms with Gasteiger partial charge < -0.3 is 20.9 Å². The van der Waals surface area contributed by atoms with E-state index in [0.717, 1.165) is 26.2 Å². The first-order valence-corrected chi connectivity index (χ1v) is 8.25. The van der Waals surface area contributed by atoms with Gasteiger partial charge in [-0.2, -0.15) is 0 Å². The van der Waals surface area contributed by atoms with Gasteiger partial charge in [0.2, 0.25) is 11.8 Å². The Morgan fingerprint density at radius 1 is 1.04 bits per heavy atom. The summed E-state index contributed by atoms with van der Waals surface area (Å²) >= 11 is 0. The fourth-order valence-corrected chi connectivity index (χ4v) is 2.67. The molecule has 0 bridgehead atoms. The monoisotopic (exact) mass is 318 g/mol. The molecule has 1 aromatic carbocycles. The molecule has 1 aliphatic heterocycles. The van der Waals surface area contributed by atoms with Crippen molar-refractivity contribution in [2.45, 2.75) is 19.3 Å². The first kappa shape index (κ1) is 17.3. The van der Waals surface area contributed by atoms with Crippen LogP contribution in [0.25, 0.3) is 0 Å². The highest BCUT2D eigenvalue weighted by Gasteiger charge is 2.20. The molecule has 0 radical (unpaired) electrons. The molecular formula is C17H26N4O2. The van der Waals surface area contributed by atoms with Crippen molar-refractivity contribution in [3.8, 4) is 0 Å². The number of benzene rings is 1. The zero-order valence-electron chi connectivity index (χ0n) is 13.5. The third kappa shape index (κ3) is 5.56. The number of rotatable bonds is 7. The fraction of sp³-hybridized carbons (Fsp3) is 0.529. The number of hydrogen-bond donors (Lipinski definition) is 2. The lowest BCUT2D eigenvalue weighted by atomic mass is 10.2. The second-order valence-electron chi connectivity index (χ2n) is 5.70. The molecule has 0 unspecified atom stereocenters. The van der Waals surface area contributed by atoms with E-state index in [1.165, 1.54) is 5.69 Å². The van der Waals surface area contributed by atoms with Crippen LogP contribution >= 0.6 is 0 Å². The minimum Gasteiger partial charge on any atom is -0.368 e. The number of amides is 2. The second-order valence-corrected chi connectivity index (χ2v) is 5.70. The molecule has 0 atom stereocenters. The standard InChI is InChI=1S/C17H26N4O2/c18-9-4-7-16(22)19-10-8-17(23)21-13-11-20(12-14-21)15-5-2-1-3-6-15/h1-3,5-6H,4,7-14,18H2,(H,19,22). The molecule has 1 aliphatic rings. The maximum atomic E-state index is 12.2. The van der Waals surface area contributed by atoms with Crippen LogP contribution in [0.2, 0.25) is 0 Å². The Bertz CT molecular complexity index is 499. The first-order valence-electron chi connectivity index (χ1n) is 8.25. The lowest BCUT2D eigenvalue weighted by Gasteiger charge is -2.36. The van der Waals surface area contributed by atoms with Crippen molar-refractivity contribution in [2.75, 3.05) is 44.2 Å². The quantitative estimate of drug-likeness (QED) is 0.771. The Hall–Kier alpha value is -2.08.